The Kier molecular flexibility index (Phi) is 7.33. The number of carbonyl (C=O) groups is 1. The second-order valence-electron chi connectivity index (χ2n) is 9.87. The van der Waals surface area contributed by atoms with Gasteiger partial charge in [-0.05, 0) is 41.3 Å². The molecule has 0 saturated carbocycles. The van der Waals surface area contributed by atoms with E-state index in [1.807, 2.05) is 55.4 Å². The molecule has 2 heterocycles. The number of para-hydroxylation sites is 1. The summed E-state index contributed by atoms with van der Waals surface area (Å²) >= 11 is 7.44. The van der Waals surface area contributed by atoms with Gasteiger partial charge in [-0.25, -0.2) is 4.98 Å². The van der Waals surface area contributed by atoms with E-state index < -0.39 is 0 Å². The SMILES string of the molecule is CN(C)c1ccc(-c2c(/C=C/c3cccc(C=O)c3OCC(C)(C)C)nc3sc(Cl)cn3c2=O)cc1. The zero-order valence-electron chi connectivity index (χ0n) is 20.9. The quantitative estimate of drug-likeness (QED) is 0.258. The summed E-state index contributed by atoms with van der Waals surface area (Å²) in [4.78, 5) is 32.5. The van der Waals surface area contributed by atoms with Crippen LogP contribution in [0.15, 0.2) is 53.5 Å². The van der Waals surface area contributed by atoms with Crippen molar-refractivity contribution in [1.29, 1.82) is 0 Å². The maximum absolute atomic E-state index is 13.5. The van der Waals surface area contributed by atoms with Gasteiger partial charge < -0.3 is 9.64 Å². The topological polar surface area (TPSA) is 63.9 Å². The van der Waals surface area contributed by atoms with Gasteiger partial charge in [0, 0.05) is 31.5 Å². The van der Waals surface area contributed by atoms with E-state index in [-0.39, 0.29) is 11.0 Å². The molecule has 0 fully saturated rings. The van der Waals surface area contributed by atoms with Gasteiger partial charge in [0.2, 0.25) is 0 Å². The van der Waals surface area contributed by atoms with Crippen LogP contribution in [0.4, 0.5) is 5.69 Å². The number of anilines is 1. The molecule has 0 N–H and O–H groups in total. The Morgan fingerprint density at radius 3 is 2.42 bits per heavy atom. The average molecular weight is 522 g/mol. The minimum Gasteiger partial charge on any atom is -0.492 e. The second-order valence-corrected chi connectivity index (χ2v) is 11.5. The number of halogens is 1. The van der Waals surface area contributed by atoms with Crippen molar-refractivity contribution in [2.24, 2.45) is 5.41 Å². The first-order chi connectivity index (χ1) is 17.1. The van der Waals surface area contributed by atoms with Gasteiger partial charge in [-0.1, -0.05) is 68.0 Å². The number of rotatable bonds is 7. The number of aromatic nitrogens is 2. The molecule has 4 rings (SSSR count). The summed E-state index contributed by atoms with van der Waals surface area (Å²) in [5.41, 5.74) is 3.66. The van der Waals surface area contributed by atoms with E-state index >= 15 is 0 Å². The molecule has 0 amide bonds. The Balaban J connectivity index is 1.85. The summed E-state index contributed by atoms with van der Waals surface area (Å²) in [5, 5.41) is 0. The third-order valence-corrected chi connectivity index (χ3v) is 6.58. The first-order valence-corrected chi connectivity index (χ1v) is 12.7. The van der Waals surface area contributed by atoms with Crippen LogP contribution in [0.1, 0.15) is 42.4 Å². The van der Waals surface area contributed by atoms with E-state index in [2.05, 4.69) is 20.8 Å². The molecule has 6 nitrogen and oxygen atoms in total. The van der Waals surface area contributed by atoms with Crippen molar-refractivity contribution < 1.29 is 9.53 Å². The highest BCUT2D eigenvalue weighted by molar-refractivity contribution is 7.20. The van der Waals surface area contributed by atoms with Crippen LogP contribution in [0.2, 0.25) is 4.34 Å². The van der Waals surface area contributed by atoms with Gasteiger partial charge in [0.05, 0.1) is 23.4 Å². The fourth-order valence-electron chi connectivity index (χ4n) is 3.67. The Bertz CT molecular complexity index is 1500. The fraction of sp³-hybridized carbons (Fsp3) is 0.250. The molecule has 0 unspecified atom stereocenters. The van der Waals surface area contributed by atoms with Crippen molar-refractivity contribution in [2.75, 3.05) is 25.6 Å². The Morgan fingerprint density at radius 1 is 1.08 bits per heavy atom. The molecule has 0 aliphatic heterocycles. The van der Waals surface area contributed by atoms with Crippen molar-refractivity contribution in [3.63, 3.8) is 0 Å². The molecule has 0 aliphatic carbocycles. The van der Waals surface area contributed by atoms with E-state index in [4.69, 9.17) is 21.3 Å². The maximum atomic E-state index is 13.5. The highest BCUT2D eigenvalue weighted by Crippen LogP contribution is 2.30. The van der Waals surface area contributed by atoms with Gasteiger partial charge in [-0.15, -0.1) is 0 Å². The summed E-state index contributed by atoms with van der Waals surface area (Å²) in [6.45, 7) is 6.65. The third kappa shape index (κ3) is 5.53. The lowest BCUT2D eigenvalue weighted by atomic mass is 9.98. The summed E-state index contributed by atoms with van der Waals surface area (Å²) in [6, 6.07) is 13.2. The summed E-state index contributed by atoms with van der Waals surface area (Å²) < 4.78 is 8.03. The predicted octanol–water partition coefficient (Wildman–Crippen LogP) is 6.55. The molecule has 0 bridgehead atoms. The number of benzene rings is 2. The Morgan fingerprint density at radius 2 is 1.78 bits per heavy atom. The normalized spacial score (nSPS) is 11.8. The van der Waals surface area contributed by atoms with Crippen molar-refractivity contribution in [3.05, 3.63) is 80.2 Å². The Labute approximate surface area is 219 Å². The summed E-state index contributed by atoms with van der Waals surface area (Å²) in [7, 11) is 3.93. The monoisotopic (exact) mass is 521 g/mol. The minimum atomic E-state index is -0.203. The molecule has 0 saturated heterocycles. The number of fused-ring (bicyclic) bond motifs is 1. The molecule has 0 atom stereocenters. The van der Waals surface area contributed by atoms with Crippen LogP contribution in [0.5, 0.6) is 5.75 Å². The van der Waals surface area contributed by atoms with Gasteiger partial charge in [0.25, 0.3) is 5.56 Å². The molecule has 0 aliphatic rings. The first kappa shape index (κ1) is 25.7. The van der Waals surface area contributed by atoms with Gasteiger partial charge in [0.15, 0.2) is 11.2 Å². The molecular formula is C28H28ClN3O3S. The van der Waals surface area contributed by atoms with Gasteiger partial charge >= 0.3 is 0 Å². The number of ether oxygens (including phenoxy) is 1. The molecule has 186 valence electrons. The van der Waals surface area contributed by atoms with Crippen LogP contribution in [0.25, 0.3) is 28.2 Å². The molecule has 2 aromatic heterocycles. The number of aldehydes is 1. The molecule has 4 aromatic rings. The Hall–Kier alpha value is -3.42. The molecule has 8 heteroatoms. The molecule has 0 radical (unpaired) electrons. The van der Waals surface area contributed by atoms with Crippen LogP contribution in [-0.2, 0) is 0 Å². The lowest BCUT2D eigenvalue weighted by Crippen LogP contribution is -2.18. The largest absolute Gasteiger partial charge is 0.492 e. The number of nitrogens with zero attached hydrogens (tertiary/aromatic N) is 3. The molecular weight excluding hydrogens is 494 g/mol. The third-order valence-electron chi connectivity index (χ3n) is 5.48. The van der Waals surface area contributed by atoms with E-state index in [1.54, 1.807) is 24.4 Å². The summed E-state index contributed by atoms with van der Waals surface area (Å²) in [5.74, 6) is 0.507. The number of thiazole rings is 1. The number of carbonyl (C=O) groups excluding carboxylic acids is 1. The van der Waals surface area contributed by atoms with E-state index in [9.17, 15) is 9.59 Å². The zero-order valence-corrected chi connectivity index (χ0v) is 22.5. The second kappa shape index (κ2) is 10.3. The van der Waals surface area contributed by atoms with Crippen LogP contribution < -0.4 is 15.2 Å². The van der Waals surface area contributed by atoms with Gasteiger partial charge in [0.1, 0.15) is 10.1 Å². The fourth-order valence-corrected chi connectivity index (χ4v) is 4.69. The van der Waals surface area contributed by atoms with Crippen molar-refractivity contribution in [3.8, 4) is 16.9 Å². The average Bonchev–Trinajstić information content (AvgIpc) is 3.21. The first-order valence-electron chi connectivity index (χ1n) is 11.5. The highest BCUT2D eigenvalue weighted by Gasteiger charge is 2.17. The van der Waals surface area contributed by atoms with Gasteiger partial charge in [-0.2, -0.15) is 0 Å². The lowest BCUT2D eigenvalue weighted by molar-refractivity contribution is 0.111. The lowest BCUT2D eigenvalue weighted by Gasteiger charge is -2.20. The molecule has 36 heavy (non-hydrogen) atoms. The van der Waals surface area contributed by atoms with Crippen molar-refractivity contribution in [1.82, 2.24) is 9.38 Å². The summed E-state index contributed by atoms with van der Waals surface area (Å²) in [6.07, 6.45) is 6.00. The van der Waals surface area contributed by atoms with E-state index in [0.29, 0.717) is 38.5 Å². The smallest absolute Gasteiger partial charge is 0.267 e. The standard InChI is InChI=1S/C28H28ClN3O3S/c1-28(2,3)17-35-25-19(7-6-8-20(25)16-33)11-14-22-24(18-9-12-21(13-10-18)31(4)5)26(34)32-15-23(29)36-27(32)30-22/h6-16H,17H2,1-5H3/b14-11+. The van der Waals surface area contributed by atoms with Crippen molar-refractivity contribution >= 4 is 52.0 Å². The number of hydrogen-bond acceptors (Lipinski definition) is 6. The maximum Gasteiger partial charge on any atom is 0.267 e. The molecule has 0 spiro atoms. The van der Waals surface area contributed by atoms with Crippen LogP contribution >= 0.6 is 22.9 Å². The van der Waals surface area contributed by atoms with Crippen molar-refractivity contribution in [2.45, 2.75) is 20.8 Å². The van der Waals surface area contributed by atoms with Crippen LogP contribution in [-0.4, -0.2) is 36.4 Å². The number of hydrogen-bond donors (Lipinski definition) is 0. The molecule has 2 aromatic carbocycles. The minimum absolute atomic E-state index is 0.0808. The highest BCUT2D eigenvalue weighted by atomic mass is 35.5. The van der Waals surface area contributed by atoms with E-state index in [0.717, 1.165) is 23.1 Å². The zero-order chi connectivity index (χ0) is 26.0. The predicted molar refractivity (Wildman–Crippen MR) is 150 cm³/mol. The van der Waals surface area contributed by atoms with E-state index in [1.165, 1.54) is 15.7 Å². The van der Waals surface area contributed by atoms with Crippen LogP contribution in [0.3, 0.4) is 0 Å². The van der Waals surface area contributed by atoms with Crippen LogP contribution in [0, 0.1) is 5.41 Å². The van der Waals surface area contributed by atoms with Gasteiger partial charge in [-0.3, -0.25) is 14.0 Å².